The zero-order chi connectivity index (χ0) is 30.0. The molecule has 42 heavy (non-hydrogen) atoms. The summed E-state index contributed by atoms with van der Waals surface area (Å²) in [7, 11) is -4.43. The highest BCUT2D eigenvalue weighted by Crippen LogP contribution is 2.48. The molecule has 2 aliphatic rings. The molecular weight excluding hydrogens is 571 g/mol. The lowest BCUT2D eigenvalue weighted by atomic mass is 9.86. The summed E-state index contributed by atoms with van der Waals surface area (Å²) in [4.78, 5) is 16.7. The Hall–Kier alpha value is -3.61. The first-order chi connectivity index (χ1) is 20.1. The molecule has 15 nitrogen and oxygen atoms in total. The molecule has 0 amide bonds. The summed E-state index contributed by atoms with van der Waals surface area (Å²) in [5.41, 5.74) is 2.01. The molecule has 1 unspecified atom stereocenters. The number of nitrogen functional groups attached to an aromatic ring is 1. The summed E-state index contributed by atoms with van der Waals surface area (Å²) in [5, 5.41) is 39.6. The van der Waals surface area contributed by atoms with Gasteiger partial charge in [-0.3, -0.25) is 9.32 Å². The monoisotopic (exact) mass is 602 g/mol. The molecule has 3 aromatic rings. The van der Waals surface area contributed by atoms with Crippen LogP contribution in [0.2, 0.25) is 0 Å². The normalized spacial score (nSPS) is 26.8. The van der Waals surface area contributed by atoms with Gasteiger partial charge in [-0.15, -0.1) is 0 Å². The molecule has 2 aliphatic heterocycles. The number of ether oxygens (including phenoxy) is 3. The highest BCUT2D eigenvalue weighted by molar-refractivity contribution is 7.52. The van der Waals surface area contributed by atoms with Crippen LogP contribution in [0.5, 0.6) is 5.75 Å². The van der Waals surface area contributed by atoms with E-state index in [0.717, 1.165) is 0 Å². The van der Waals surface area contributed by atoms with Gasteiger partial charge >= 0.3 is 13.7 Å². The van der Waals surface area contributed by atoms with Gasteiger partial charge in [0.15, 0.2) is 11.4 Å². The van der Waals surface area contributed by atoms with E-state index in [2.05, 4.69) is 15.2 Å². The molecule has 16 heteroatoms. The average molecular weight is 603 g/mol. The number of esters is 1. The van der Waals surface area contributed by atoms with Crippen molar-refractivity contribution < 1.29 is 42.8 Å². The van der Waals surface area contributed by atoms with Crippen molar-refractivity contribution >= 4 is 25.1 Å². The lowest BCUT2D eigenvalue weighted by Crippen LogP contribution is -2.51. The lowest BCUT2D eigenvalue weighted by Gasteiger charge is -2.31. The second kappa shape index (κ2) is 11.9. The fourth-order valence-corrected chi connectivity index (χ4v) is 6.29. The number of para-hydroxylation sites is 1. The van der Waals surface area contributed by atoms with Gasteiger partial charge in [0.1, 0.15) is 48.5 Å². The third-order valence-electron chi connectivity index (χ3n) is 7.13. The van der Waals surface area contributed by atoms with Crippen molar-refractivity contribution in [3.63, 3.8) is 0 Å². The molecule has 0 aliphatic carbocycles. The summed E-state index contributed by atoms with van der Waals surface area (Å²) >= 11 is 0. The number of aliphatic hydroxyl groups is 2. The van der Waals surface area contributed by atoms with Gasteiger partial charge in [0.2, 0.25) is 5.60 Å². The molecule has 224 valence electrons. The fourth-order valence-electron chi connectivity index (χ4n) is 4.76. The van der Waals surface area contributed by atoms with E-state index in [1.165, 1.54) is 36.0 Å². The smallest absolute Gasteiger partial charge is 0.459 e. The van der Waals surface area contributed by atoms with Gasteiger partial charge in [0.05, 0.1) is 25.5 Å². The van der Waals surface area contributed by atoms with E-state index < -0.39 is 50.3 Å². The van der Waals surface area contributed by atoms with Gasteiger partial charge in [0, 0.05) is 12.8 Å². The number of nitrogens with two attached hydrogens (primary N) is 1. The first-order valence-corrected chi connectivity index (χ1v) is 14.7. The molecule has 0 bridgehead atoms. The number of hydrogen-bond acceptors (Lipinski definition) is 13. The molecule has 0 radical (unpaired) electrons. The fraction of sp³-hybridized carbons (Fsp3) is 0.462. The molecule has 4 heterocycles. The lowest BCUT2D eigenvalue weighted by molar-refractivity contribution is -0.154. The number of aromatic nitrogens is 3. The Labute approximate surface area is 240 Å². The Kier molecular flexibility index (Phi) is 8.49. The zero-order valence-corrected chi connectivity index (χ0v) is 23.6. The predicted octanol–water partition coefficient (Wildman–Crippen LogP) is 1.06. The van der Waals surface area contributed by atoms with Gasteiger partial charge in [-0.2, -0.15) is 15.4 Å². The molecule has 0 saturated carbocycles. The van der Waals surface area contributed by atoms with Crippen molar-refractivity contribution in [1.82, 2.24) is 19.7 Å². The molecule has 2 saturated heterocycles. The third kappa shape index (κ3) is 5.83. The van der Waals surface area contributed by atoms with Crippen molar-refractivity contribution in [2.24, 2.45) is 0 Å². The van der Waals surface area contributed by atoms with E-state index in [4.69, 9.17) is 29.0 Å². The van der Waals surface area contributed by atoms with Crippen LogP contribution in [-0.2, 0) is 33.7 Å². The largest absolute Gasteiger partial charge is 0.461 e. The maximum absolute atomic E-state index is 14.0. The van der Waals surface area contributed by atoms with Gasteiger partial charge in [-0.1, -0.05) is 18.2 Å². The second-order valence-corrected chi connectivity index (χ2v) is 11.7. The number of carbonyl (C=O) groups excluding carboxylic acids is 1. The highest BCUT2D eigenvalue weighted by Gasteiger charge is 2.61. The van der Waals surface area contributed by atoms with Gasteiger partial charge < -0.3 is 34.7 Å². The number of fused-ring (bicyclic) bond motifs is 1. The van der Waals surface area contributed by atoms with Crippen LogP contribution in [-0.4, -0.2) is 81.1 Å². The van der Waals surface area contributed by atoms with Crippen LogP contribution < -0.4 is 15.3 Å². The van der Waals surface area contributed by atoms with Crippen LogP contribution in [0.15, 0.2) is 48.8 Å². The van der Waals surface area contributed by atoms with Gasteiger partial charge in [-0.05, 0) is 31.2 Å². The SMILES string of the molecule is C[C@H](NP(=O)(OC[C@@]1(C#N)OC[C@@](O)(c2ccc3c(N)ncnn23)[C@@H]1O)Oc1ccccc1)C(=O)OC1CCOCC1. The van der Waals surface area contributed by atoms with Crippen LogP contribution in [0.1, 0.15) is 25.5 Å². The Morgan fingerprint density at radius 2 is 2.05 bits per heavy atom. The Morgan fingerprint density at radius 1 is 1.31 bits per heavy atom. The quantitative estimate of drug-likeness (QED) is 0.189. The minimum atomic E-state index is -4.43. The summed E-state index contributed by atoms with van der Waals surface area (Å²) in [5.74, 6) is -0.409. The van der Waals surface area contributed by atoms with Crippen LogP contribution in [0.3, 0.4) is 0 Å². The number of aliphatic hydroxyl groups excluding tert-OH is 1. The summed E-state index contributed by atoms with van der Waals surface area (Å²) in [6.07, 6.45) is -0.00445. The van der Waals surface area contributed by atoms with E-state index in [1.54, 1.807) is 24.3 Å². The Balaban J connectivity index is 1.36. The van der Waals surface area contributed by atoms with Crippen molar-refractivity contribution in [3.05, 3.63) is 54.5 Å². The molecule has 5 atom stereocenters. The first-order valence-electron chi connectivity index (χ1n) is 13.2. The molecular formula is C26H31N6O9P. The first kappa shape index (κ1) is 29.9. The third-order valence-corrected chi connectivity index (χ3v) is 8.76. The van der Waals surface area contributed by atoms with Crippen LogP contribution in [0.4, 0.5) is 5.82 Å². The van der Waals surface area contributed by atoms with Crippen molar-refractivity contribution in [2.75, 3.05) is 32.2 Å². The second-order valence-electron chi connectivity index (χ2n) is 10.1. The minimum absolute atomic E-state index is 0.0857. The van der Waals surface area contributed by atoms with Crippen LogP contribution >= 0.6 is 7.75 Å². The minimum Gasteiger partial charge on any atom is -0.461 e. The number of hydrogen-bond donors (Lipinski definition) is 4. The zero-order valence-electron chi connectivity index (χ0n) is 22.7. The molecule has 2 aromatic heterocycles. The highest BCUT2D eigenvalue weighted by atomic mass is 31.2. The van der Waals surface area contributed by atoms with E-state index in [9.17, 15) is 24.8 Å². The maximum Gasteiger partial charge on any atom is 0.459 e. The van der Waals surface area contributed by atoms with E-state index >= 15 is 0 Å². The number of rotatable bonds is 10. The van der Waals surface area contributed by atoms with E-state index in [1.807, 2.05) is 6.07 Å². The molecule has 0 spiro atoms. The number of carbonyl (C=O) groups is 1. The van der Waals surface area contributed by atoms with Crippen molar-refractivity contribution in [2.45, 2.75) is 49.2 Å². The molecule has 2 fully saturated rings. The predicted molar refractivity (Wildman–Crippen MR) is 145 cm³/mol. The molecule has 1 aromatic carbocycles. The number of benzene rings is 1. The number of nitrogens with zero attached hydrogens (tertiary/aromatic N) is 4. The van der Waals surface area contributed by atoms with Crippen LogP contribution in [0, 0.1) is 11.3 Å². The number of nitrogens with one attached hydrogen (secondary N) is 1. The van der Waals surface area contributed by atoms with Gasteiger partial charge in [-0.25, -0.2) is 14.1 Å². The van der Waals surface area contributed by atoms with Crippen LogP contribution in [0.25, 0.3) is 5.52 Å². The molecule has 5 rings (SSSR count). The Morgan fingerprint density at radius 3 is 2.76 bits per heavy atom. The summed E-state index contributed by atoms with van der Waals surface area (Å²) < 4.78 is 43.0. The van der Waals surface area contributed by atoms with Gasteiger partial charge in [0.25, 0.3) is 0 Å². The molecule has 5 N–H and O–H groups in total. The number of nitriles is 1. The van der Waals surface area contributed by atoms with E-state index in [-0.39, 0.29) is 23.4 Å². The summed E-state index contributed by atoms with van der Waals surface area (Å²) in [6.45, 7) is 1.00. The Bertz CT molecular complexity index is 1510. The standard InChI is InChI=1S/C26H31N6O9P/c1-17(23(33)40-18-9-11-37-12-10-18)31-42(36,41-19-5-3-2-4-6-19)39-14-25(13-27)24(34)26(35,15-38-25)21-8-7-20-22(28)29-16-30-32(20)21/h2-8,16-18,24,34-35H,9-12,14-15H2,1H3,(H,31,36)(H2,28,29,30)/t17-,24+,25+,26+,42?/m0/s1. The van der Waals surface area contributed by atoms with Crippen molar-refractivity contribution in [3.8, 4) is 11.8 Å². The topological polar surface area (TPSA) is 213 Å². The average Bonchev–Trinajstić information content (AvgIpc) is 3.54. The van der Waals surface area contributed by atoms with Crippen molar-refractivity contribution in [1.29, 1.82) is 5.26 Å². The summed E-state index contributed by atoms with van der Waals surface area (Å²) in [6, 6.07) is 11.8. The van der Waals surface area contributed by atoms with E-state index in [0.29, 0.717) is 31.6 Å². The number of anilines is 1. The maximum atomic E-state index is 14.0.